The van der Waals surface area contributed by atoms with Crippen LogP contribution in [0.3, 0.4) is 0 Å². The van der Waals surface area contributed by atoms with Crippen LogP contribution in [-0.4, -0.2) is 50.9 Å². The molecule has 0 aliphatic carbocycles. The standard InChI is InChI=1S/C25H29FN6O2/c1-6-9-32(12-14(2)3)16-7-8-19-17(11-16)22(25(34)27-4)29-24(28-19)18-10-15-13-31(5)30-21(15)20(26)23(18)33/h7-8,10-11,13-14,33H,6,9,12H2,1-5H3,(H,27,34). The van der Waals surface area contributed by atoms with Gasteiger partial charge in [-0.2, -0.15) is 5.10 Å². The van der Waals surface area contributed by atoms with Gasteiger partial charge in [-0.25, -0.2) is 14.4 Å². The van der Waals surface area contributed by atoms with E-state index in [1.807, 2.05) is 18.2 Å². The van der Waals surface area contributed by atoms with Gasteiger partial charge in [-0.15, -0.1) is 0 Å². The van der Waals surface area contributed by atoms with Gasteiger partial charge in [-0.1, -0.05) is 20.8 Å². The molecule has 2 heterocycles. The molecule has 34 heavy (non-hydrogen) atoms. The topological polar surface area (TPSA) is 96.2 Å². The highest BCUT2D eigenvalue weighted by Gasteiger charge is 2.22. The molecule has 0 saturated carbocycles. The van der Waals surface area contributed by atoms with E-state index in [-0.39, 0.29) is 28.5 Å². The summed E-state index contributed by atoms with van der Waals surface area (Å²) in [5, 5.41) is 18.3. The maximum Gasteiger partial charge on any atom is 0.270 e. The van der Waals surface area contributed by atoms with Crippen LogP contribution in [0.15, 0.2) is 30.5 Å². The van der Waals surface area contributed by atoms with Crippen LogP contribution < -0.4 is 10.2 Å². The normalized spacial score (nSPS) is 11.5. The molecule has 0 spiro atoms. The Morgan fingerprint density at radius 3 is 2.71 bits per heavy atom. The highest BCUT2D eigenvalue weighted by atomic mass is 19.1. The zero-order valence-corrected chi connectivity index (χ0v) is 20.1. The van der Waals surface area contributed by atoms with Gasteiger partial charge in [-0.05, 0) is 36.6 Å². The fraction of sp³-hybridized carbons (Fsp3) is 0.360. The molecule has 178 valence electrons. The number of fused-ring (bicyclic) bond motifs is 2. The number of aromatic nitrogens is 4. The number of benzene rings is 2. The Labute approximate surface area is 197 Å². The number of hydrogen-bond acceptors (Lipinski definition) is 6. The summed E-state index contributed by atoms with van der Waals surface area (Å²) >= 11 is 0. The molecule has 0 aliphatic rings. The van der Waals surface area contributed by atoms with E-state index in [2.05, 4.69) is 46.1 Å². The predicted molar refractivity (Wildman–Crippen MR) is 132 cm³/mol. The second-order valence-corrected chi connectivity index (χ2v) is 8.84. The summed E-state index contributed by atoms with van der Waals surface area (Å²) in [6, 6.07) is 7.30. The third-order valence-electron chi connectivity index (χ3n) is 5.63. The molecule has 0 bridgehead atoms. The smallest absolute Gasteiger partial charge is 0.270 e. The van der Waals surface area contributed by atoms with Crippen LogP contribution in [0.25, 0.3) is 33.2 Å². The fourth-order valence-corrected chi connectivity index (χ4v) is 4.17. The van der Waals surface area contributed by atoms with Crippen LogP contribution in [0.1, 0.15) is 37.7 Å². The van der Waals surface area contributed by atoms with Gasteiger partial charge in [0.1, 0.15) is 11.2 Å². The number of amides is 1. The van der Waals surface area contributed by atoms with Gasteiger partial charge in [0.15, 0.2) is 17.4 Å². The maximum atomic E-state index is 14.8. The molecule has 0 fully saturated rings. The minimum atomic E-state index is -0.850. The van der Waals surface area contributed by atoms with E-state index in [0.29, 0.717) is 22.2 Å². The summed E-state index contributed by atoms with van der Waals surface area (Å²) in [4.78, 5) is 24.1. The van der Waals surface area contributed by atoms with Crippen molar-refractivity contribution in [2.45, 2.75) is 27.2 Å². The van der Waals surface area contributed by atoms with Crippen LogP contribution in [0.2, 0.25) is 0 Å². The van der Waals surface area contributed by atoms with Crippen molar-refractivity contribution < 1.29 is 14.3 Å². The molecule has 2 aromatic carbocycles. The summed E-state index contributed by atoms with van der Waals surface area (Å²) in [5.41, 5.74) is 1.83. The highest BCUT2D eigenvalue weighted by Crippen LogP contribution is 2.36. The molecular weight excluding hydrogens is 435 g/mol. The van der Waals surface area contributed by atoms with Crippen molar-refractivity contribution in [2.24, 2.45) is 13.0 Å². The summed E-state index contributed by atoms with van der Waals surface area (Å²) in [6.07, 6.45) is 2.63. The van der Waals surface area contributed by atoms with Gasteiger partial charge >= 0.3 is 0 Å². The molecule has 4 rings (SSSR count). The van der Waals surface area contributed by atoms with Gasteiger partial charge < -0.3 is 15.3 Å². The number of hydrogen-bond donors (Lipinski definition) is 2. The van der Waals surface area contributed by atoms with Crippen LogP contribution in [0.5, 0.6) is 5.75 Å². The number of anilines is 1. The first-order valence-electron chi connectivity index (χ1n) is 11.4. The van der Waals surface area contributed by atoms with E-state index < -0.39 is 11.6 Å². The lowest BCUT2D eigenvalue weighted by Crippen LogP contribution is -2.28. The van der Waals surface area contributed by atoms with Crippen molar-refractivity contribution in [3.63, 3.8) is 0 Å². The number of phenols is 1. The molecule has 1 amide bonds. The van der Waals surface area contributed by atoms with Crippen LogP contribution in [0, 0.1) is 11.7 Å². The minimum Gasteiger partial charge on any atom is -0.504 e. The molecule has 0 saturated heterocycles. The van der Waals surface area contributed by atoms with Crippen LogP contribution >= 0.6 is 0 Å². The van der Waals surface area contributed by atoms with E-state index >= 15 is 0 Å². The Hall–Kier alpha value is -3.75. The number of nitrogens with one attached hydrogen (secondary N) is 1. The Bertz CT molecular complexity index is 1380. The molecular formula is C25H29FN6O2. The lowest BCUT2D eigenvalue weighted by Gasteiger charge is -2.26. The number of aryl methyl sites for hydroxylation is 1. The van der Waals surface area contributed by atoms with Gasteiger partial charge in [-0.3, -0.25) is 9.48 Å². The maximum absolute atomic E-state index is 14.8. The second-order valence-electron chi connectivity index (χ2n) is 8.84. The van der Waals surface area contributed by atoms with E-state index in [1.54, 1.807) is 19.3 Å². The summed E-state index contributed by atoms with van der Waals surface area (Å²) in [5.74, 6) is -1.30. The lowest BCUT2D eigenvalue weighted by atomic mass is 10.1. The number of rotatable bonds is 7. The molecule has 9 heteroatoms. The third kappa shape index (κ3) is 4.25. The predicted octanol–water partition coefficient (Wildman–Crippen LogP) is 4.26. The van der Waals surface area contributed by atoms with Crippen molar-refractivity contribution in [2.75, 3.05) is 25.0 Å². The average Bonchev–Trinajstić information content (AvgIpc) is 3.19. The number of carbonyl (C=O) groups excluding carboxylic acids is 1. The van der Waals surface area contributed by atoms with Crippen LogP contribution in [-0.2, 0) is 7.05 Å². The zero-order valence-electron chi connectivity index (χ0n) is 20.1. The number of phenolic OH excluding ortho intramolecular Hbond substituents is 1. The molecule has 4 aromatic rings. The summed E-state index contributed by atoms with van der Waals surface area (Å²) in [6.45, 7) is 8.23. The van der Waals surface area contributed by atoms with Crippen LogP contribution in [0.4, 0.5) is 10.1 Å². The molecule has 0 aliphatic heterocycles. The van der Waals surface area contributed by atoms with Gasteiger partial charge in [0, 0.05) is 49.8 Å². The van der Waals surface area contributed by atoms with E-state index in [4.69, 9.17) is 0 Å². The van der Waals surface area contributed by atoms with Crippen molar-refractivity contribution >= 4 is 33.4 Å². The van der Waals surface area contributed by atoms with Crippen molar-refractivity contribution in [1.82, 2.24) is 25.1 Å². The molecule has 8 nitrogen and oxygen atoms in total. The quantitative estimate of drug-likeness (QED) is 0.424. The number of halogens is 1. The van der Waals surface area contributed by atoms with E-state index in [1.165, 1.54) is 11.7 Å². The monoisotopic (exact) mass is 464 g/mol. The molecule has 0 unspecified atom stereocenters. The first kappa shape index (κ1) is 23.4. The number of nitrogens with zero attached hydrogens (tertiary/aromatic N) is 5. The Kier molecular flexibility index (Phi) is 6.37. The summed E-state index contributed by atoms with van der Waals surface area (Å²) in [7, 11) is 3.20. The molecule has 0 radical (unpaired) electrons. The number of aromatic hydroxyl groups is 1. The van der Waals surface area contributed by atoms with E-state index in [9.17, 15) is 14.3 Å². The lowest BCUT2D eigenvalue weighted by molar-refractivity contribution is 0.0960. The molecule has 2 N–H and O–H groups in total. The largest absolute Gasteiger partial charge is 0.504 e. The van der Waals surface area contributed by atoms with Gasteiger partial charge in [0.2, 0.25) is 0 Å². The Balaban J connectivity index is 1.92. The van der Waals surface area contributed by atoms with E-state index in [0.717, 1.165) is 25.2 Å². The van der Waals surface area contributed by atoms with Crippen molar-refractivity contribution in [3.8, 4) is 17.1 Å². The highest BCUT2D eigenvalue weighted by molar-refractivity contribution is 6.05. The first-order chi connectivity index (χ1) is 16.2. The Morgan fingerprint density at radius 2 is 2.03 bits per heavy atom. The second kappa shape index (κ2) is 9.24. The SMILES string of the molecule is CCCN(CC(C)C)c1ccc2nc(-c3cc4cn(C)nc4c(F)c3O)nc(C(=O)NC)c2c1. The van der Waals surface area contributed by atoms with Gasteiger partial charge in [0.05, 0.1) is 11.1 Å². The Morgan fingerprint density at radius 1 is 1.26 bits per heavy atom. The minimum absolute atomic E-state index is 0.0573. The van der Waals surface area contributed by atoms with Crippen molar-refractivity contribution in [1.29, 1.82) is 0 Å². The van der Waals surface area contributed by atoms with Crippen molar-refractivity contribution in [3.05, 3.63) is 42.0 Å². The number of carbonyl (C=O) groups is 1. The molecule has 2 aromatic heterocycles. The zero-order chi connectivity index (χ0) is 24.6. The third-order valence-corrected chi connectivity index (χ3v) is 5.63. The fourth-order valence-electron chi connectivity index (χ4n) is 4.17. The average molecular weight is 465 g/mol. The first-order valence-corrected chi connectivity index (χ1v) is 11.4. The molecule has 0 atom stereocenters. The summed E-state index contributed by atoms with van der Waals surface area (Å²) < 4.78 is 16.3. The van der Waals surface area contributed by atoms with Gasteiger partial charge in [0.25, 0.3) is 5.91 Å².